The topological polar surface area (TPSA) is 3.24 Å². The highest BCUT2D eigenvalue weighted by Gasteiger charge is 2.38. The molecular formula is C21H25N. The zero-order valence-electron chi connectivity index (χ0n) is 13.4. The van der Waals surface area contributed by atoms with Crippen molar-refractivity contribution in [3.63, 3.8) is 0 Å². The molecule has 0 aromatic heterocycles. The second kappa shape index (κ2) is 6.83. The molecule has 0 saturated carbocycles. The first-order valence-electron chi connectivity index (χ1n) is 8.42. The summed E-state index contributed by atoms with van der Waals surface area (Å²) >= 11 is 0. The first-order chi connectivity index (χ1) is 10.9. The van der Waals surface area contributed by atoms with Crippen LogP contribution in [-0.2, 0) is 5.54 Å². The van der Waals surface area contributed by atoms with Crippen LogP contribution in [0.1, 0.15) is 43.7 Å². The lowest BCUT2D eigenvalue weighted by Gasteiger charge is -2.46. The summed E-state index contributed by atoms with van der Waals surface area (Å²) in [6, 6.07) is 22.0. The molecule has 3 rings (SSSR count). The van der Waals surface area contributed by atoms with Crippen molar-refractivity contribution in [2.45, 2.75) is 38.1 Å². The van der Waals surface area contributed by atoms with Crippen LogP contribution in [0.5, 0.6) is 0 Å². The van der Waals surface area contributed by atoms with E-state index in [1.807, 2.05) is 0 Å². The Balaban J connectivity index is 2.18. The third-order valence-corrected chi connectivity index (χ3v) is 4.66. The molecule has 1 nitrogen and oxygen atoms in total. The van der Waals surface area contributed by atoms with Gasteiger partial charge in [-0.05, 0) is 36.6 Å². The van der Waals surface area contributed by atoms with Crippen LogP contribution in [-0.4, -0.2) is 11.4 Å². The molecule has 0 spiro atoms. The third-order valence-electron chi connectivity index (χ3n) is 4.66. The minimum Gasteiger partial charge on any atom is -0.364 e. The molecule has 114 valence electrons. The Morgan fingerprint density at radius 3 is 1.95 bits per heavy atom. The summed E-state index contributed by atoms with van der Waals surface area (Å²) in [6.07, 6.45) is 9.36. The second-order valence-corrected chi connectivity index (χ2v) is 6.06. The molecule has 1 heterocycles. The molecule has 1 aliphatic rings. The SMILES string of the molecule is CCCC(c1ccccc1)(c1ccccc1)N1C=CCCC1. The summed E-state index contributed by atoms with van der Waals surface area (Å²) in [5.41, 5.74) is 2.75. The van der Waals surface area contributed by atoms with Gasteiger partial charge in [0.25, 0.3) is 0 Å². The minimum absolute atomic E-state index is 0.0474. The summed E-state index contributed by atoms with van der Waals surface area (Å²) in [4.78, 5) is 2.56. The largest absolute Gasteiger partial charge is 0.364 e. The summed E-state index contributed by atoms with van der Waals surface area (Å²) in [6.45, 7) is 3.41. The molecule has 2 aromatic carbocycles. The van der Waals surface area contributed by atoms with Crippen LogP contribution in [0.4, 0.5) is 0 Å². The molecule has 0 fully saturated rings. The van der Waals surface area contributed by atoms with E-state index in [1.165, 1.54) is 24.0 Å². The van der Waals surface area contributed by atoms with Crippen molar-refractivity contribution in [1.29, 1.82) is 0 Å². The quantitative estimate of drug-likeness (QED) is 0.718. The molecule has 2 aromatic rings. The fourth-order valence-electron chi connectivity index (χ4n) is 3.69. The summed E-state index contributed by atoms with van der Waals surface area (Å²) in [7, 11) is 0. The van der Waals surface area contributed by atoms with Crippen molar-refractivity contribution in [3.05, 3.63) is 84.1 Å². The summed E-state index contributed by atoms with van der Waals surface area (Å²) in [5.74, 6) is 0. The van der Waals surface area contributed by atoms with Gasteiger partial charge in [-0.1, -0.05) is 80.1 Å². The number of hydrogen-bond donors (Lipinski definition) is 0. The number of benzene rings is 2. The lowest BCUT2D eigenvalue weighted by atomic mass is 9.77. The highest BCUT2D eigenvalue weighted by molar-refractivity contribution is 5.39. The molecular weight excluding hydrogens is 266 g/mol. The zero-order chi connectivity index (χ0) is 15.3. The van der Waals surface area contributed by atoms with Gasteiger partial charge in [-0.2, -0.15) is 0 Å². The van der Waals surface area contributed by atoms with Gasteiger partial charge in [0.05, 0.1) is 5.54 Å². The fourth-order valence-corrected chi connectivity index (χ4v) is 3.69. The van der Waals surface area contributed by atoms with Crippen molar-refractivity contribution >= 4 is 0 Å². The predicted molar refractivity (Wildman–Crippen MR) is 93.7 cm³/mol. The minimum atomic E-state index is -0.0474. The lowest BCUT2D eigenvalue weighted by Crippen LogP contribution is -2.45. The van der Waals surface area contributed by atoms with Crippen molar-refractivity contribution in [3.8, 4) is 0 Å². The van der Waals surface area contributed by atoms with Crippen LogP contribution in [0.2, 0.25) is 0 Å². The van der Waals surface area contributed by atoms with E-state index >= 15 is 0 Å². The van der Waals surface area contributed by atoms with E-state index < -0.39 is 0 Å². The van der Waals surface area contributed by atoms with Crippen molar-refractivity contribution in [2.24, 2.45) is 0 Å². The standard InChI is InChI=1S/C21H25N/c1-2-16-21(19-12-6-3-7-13-19,20-14-8-4-9-15-20)22-17-10-5-11-18-22/h3-4,6-10,12-15,17H,2,5,11,16,18H2,1H3. The molecule has 1 aliphatic heterocycles. The first-order valence-corrected chi connectivity index (χ1v) is 8.42. The van der Waals surface area contributed by atoms with Gasteiger partial charge >= 0.3 is 0 Å². The van der Waals surface area contributed by atoms with E-state index in [0.717, 1.165) is 19.4 Å². The average Bonchev–Trinajstić information content (AvgIpc) is 2.62. The number of rotatable bonds is 5. The van der Waals surface area contributed by atoms with Crippen molar-refractivity contribution < 1.29 is 0 Å². The van der Waals surface area contributed by atoms with Crippen LogP contribution >= 0.6 is 0 Å². The lowest BCUT2D eigenvalue weighted by molar-refractivity contribution is 0.165. The molecule has 0 bridgehead atoms. The molecule has 0 saturated heterocycles. The van der Waals surface area contributed by atoms with Gasteiger partial charge in [0.1, 0.15) is 0 Å². The number of nitrogens with zero attached hydrogens (tertiary/aromatic N) is 1. The predicted octanol–water partition coefficient (Wildman–Crippen LogP) is 5.34. The maximum Gasteiger partial charge on any atom is 0.0900 e. The average molecular weight is 291 g/mol. The third kappa shape index (κ3) is 2.68. The number of allylic oxidation sites excluding steroid dienone is 1. The Bertz CT molecular complexity index is 561. The maximum absolute atomic E-state index is 2.56. The van der Waals surface area contributed by atoms with E-state index in [4.69, 9.17) is 0 Å². The molecule has 22 heavy (non-hydrogen) atoms. The van der Waals surface area contributed by atoms with Crippen LogP contribution < -0.4 is 0 Å². The summed E-state index contributed by atoms with van der Waals surface area (Å²) in [5, 5.41) is 0. The Hall–Kier alpha value is -2.02. The van der Waals surface area contributed by atoms with E-state index in [1.54, 1.807) is 0 Å². The molecule has 0 atom stereocenters. The van der Waals surface area contributed by atoms with Gasteiger partial charge in [0.15, 0.2) is 0 Å². The Morgan fingerprint density at radius 1 is 0.909 bits per heavy atom. The molecule has 0 N–H and O–H groups in total. The molecule has 1 heteroatoms. The smallest absolute Gasteiger partial charge is 0.0900 e. The highest BCUT2D eigenvalue weighted by Crippen LogP contribution is 2.41. The van der Waals surface area contributed by atoms with Gasteiger partial charge in [-0.25, -0.2) is 0 Å². The van der Waals surface area contributed by atoms with Crippen molar-refractivity contribution in [1.82, 2.24) is 4.90 Å². The van der Waals surface area contributed by atoms with Gasteiger partial charge in [0, 0.05) is 6.54 Å². The maximum atomic E-state index is 2.56. The van der Waals surface area contributed by atoms with Crippen LogP contribution in [0.25, 0.3) is 0 Å². The van der Waals surface area contributed by atoms with E-state index in [0.29, 0.717) is 0 Å². The van der Waals surface area contributed by atoms with Gasteiger partial charge in [0.2, 0.25) is 0 Å². The highest BCUT2D eigenvalue weighted by atomic mass is 15.2. The molecule has 0 aliphatic carbocycles. The monoisotopic (exact) mass is 291 g/mol. The first kappa shape index (κ1) is 14.9. The van der Waals surface area contributed by atoms with Crippen molar-refractivity contribution in [2.75, 3.05) is 6.54 Å². The zero-order valence-corrected chi connectivity index (χ0v) is 13.4. The second-order valence-electron chi connectivity index (χ2n) is 6.06. The van der Waals surface area contributed by atoms with Gasteiger partial charge < -0.3 is 4.90 Å². The van der Waals surface area contributed by atoms with Crippen LogP contribution in [0, 0.1) is 0 Å². The van der Waals surface area contributed by atoms with Crippen LogP contribution in [0.3, 0.4) is 0 Å². The van der Waals surface area contributed by atoms with E-state index in [9.17, 15) is 0 Å². The Labute approximate surface area is 134 Å². The van der Waals surface area contributed by atoms with E-state index in [2.05, 4.69) is 84.8 Å². The molecule has 0 radical (unpaired) electrons. The number of hydrogen-bond acceptors (Lipinski definition) is 1. The van der Waals surface area contributed by atoms with E-state index in [-0.39, 0.29) is 5.54 Å². The molecule has 0 amide bonds. The fraction of sp³-hybridized carbons (Fsp3) is 0.333. The Kier molecular flexibility index (Phi) is 4.62. The molecule has 0 unspecified atom stereocenters. The van der Waals surface area contributed by atoms with Crippen LogP contribution in [0.15, 0.2) is 72.9 Å². The normalized spacial score (nSPS) is 15.0. The Morgan fingerprint density at radius 2 is 1.50 bits per heavy atom. The van der Waals surface area contributed by atoms with Gasteiger partial charge in [-0.15, -0.1) is 0 Å². The van der Waals surface area contributed by atoms with Gasteiger partial charge in [-0.3, -0.25) is 0 Å². The summed E-state index contributed by atoms with van der Waals surface area (Å²) < 4.78 is 0.